The minimum Gasteiger partial charge on any atom is -0.507 e. The van der Waals surface area contributed by atoms with Crippen molar-refractivity contribution in [3.63, 3.8) is 0 Å². The van der Waals surface area contributed by atoms with Gasteiger partial charge in [0, 0.05) is 13.1 Å². The number of aromatic hydroxyl groups is 1. The predicted octanol–water partition coefficient (Wildman–Crippen LogP) is 2.60. The number of alkyl carbamates (subject to hydrolysis) is 1. The van der Waals surface area contributed by atoms with Crippen LogP contribution in [0.5, 0.6) is 5.75 Å². The van der Waals surface area contributed by atoms with E-state index < -0.39 is 44.1 Å². The van der Waals surface area contributed by atoms with Crippen molar-refractivity contribution in [2.75, 3.05) is 13.1 Å². The lowest BCUT2D eigenvalue weighted by Crippen LogP contribution is -2.34. The summed E-state index contributed by atoms with van der Waals surface area (Å²) in [6.45, 7) is 5.07. The lowest BCUT2D eigenvalue weighted by atomic mass is 10.2. The van der Waals surface area contributed by atoms with Crippen molar-refractivity contribution < 1.29 is 36.2 Å². The van der Waals surface area contributed by atoms with Gasteiger partial charge in [-0.3, -0.25) is 0 Å². The van der Waals surface area contributed by atoms with Crippen LogP contribution in [0, 0.1) is 0 Å². The number of alkyl halides is 3. The highest BCUT2D eigenvalue weighted by Gasteiger charge is 2.35. The SMILES string of the molecule is CC(C)(C)OC(=O)NCCCNS(=O)(=O)c1ccc(O)c(C(F)(F)F)c1. The van der Waals surface area contributed by atoms with Gasteiger partial charge in [0.25, 0.3) is 0 Å². The molecule has 1 aromatic carbocycles. The lowest BCUT2D eigenvalue weighted by molar-refractivity contribution is -0.138. The molecule has 0 aliphatic heterocycles. The van der Waals surface area contributed by atoms with Gasteiger partial charge < -0.3 is 15.2 Å². The van der Waals surface area contributed by atoms with Gasteiger partial charge in [0.1, 0.15) is 11.4 Å². The Hall–Kier alpha value is -2.01. The highest BCUT2D eigenvalue weighted by molar-refractivity contribution is 7.89. The summed E-state index contributed by atoms with van der Waals surface area (Å²) in [5.74, 6) is -1.06. The number of carbonyl (C=O) groups excluding carboxylic acids is 1. The molecule has 1 rings (SSSR count). The Bertz CT molecular complexity index is 743. The maximum atomic E-state index is 12.7. The van der Waals surface area contributed by atoms with Crippen LogP contribution in [-0.4, -0.2) is 38.3 Å². The molecule has 11 heteroatoms. The van der Waals surface area contributed by atoms with E-state index in [1.165, 1.54) is 0 Å². The van der Waals surface area contributed by atoms with Crippen LogP contribution in [0.15, 0.2) is 23.1 Å². The average Bonchev–Trinajstić information content (AvgIpc) is 2.43. The molecule has 7 nitrogen and oxygen atoms in total. The zero-order valence-electron chi connectivity index (χ0n) is 14.5. The molecule has 0 heterocycles. The van der Waals surface area contributed by atoms with Crippen LogP contribution in [0.25, 0.3) is 0 Å². The van der Waals surface area contributed by atoms with E-state index in [1.807, 2.05) is 0 Å². The lowest BCUT2D eigenvalue weighted by Gasteiger charge is -2.19. The van der Waals surface area contributed by atoms with Crippen molar-refractivity contribution in [3.05, 3.63) is 23.8 Å². The van der Waals surface area contributed by atoms with E-state index in [4.69, 9.17) is 4.74 Å². The Balaban J connectivity index is 2.59. The highest BCUT2D eigenvalue weighted by Crippen LogP contribution is 2.36. The van der Waals surface area contributed by atoms with E-state index >= 15 is 0 Å². The average molecular weight is 398 g/mol. The molecule has 0 saturated heterocycles. The zero-order valence-corrected chi connectivity index (χ0v) is 15.3. The smallest absolute Gasteiger partial charge is 0.419 e. The fraction of sp³-hybridized carbons (Fsp3) is 0.533. The van der Waals surface area contributed by atoms with E-state index in [0.29, 0.717) is 12.1 Å². The number of phenolic OH excluding ortho intramolecular Hbond substituents is 1. The maximum Gasteiger partial charge on any atom is 0.419 e. The summed E-state index contributed by atoms with van der Waals surface area (Å²) >= 11 is 0. The number of sulfonamides is 1. The summed E-state index contributed by atoms with van der Waals surface area (Å²) in [7, 11) is -4.19. The highest BCUT2D eigenvalue weighted by atomic mass is 32.2. The summed E-state index contributed by atoms with van der Waals surface area (Å²) in [6.07, 6.45) is -5.34. The third kappa shape index (κ3) is 7.08. The van der Waals surface area contributed by atoms with Crippen LogP contribution < -0.4 is 10.0 Å². The van der Waals surface area contributed by atoms with Crippen molar-refractivity contribution >= 4 is 16.1 Å². The first-order chi connectivity index (χ1) is 11.7. The monoisotopic (exact) mass is 398 g/mol. The number of benzene rings is 1. The second-order valence-electron chi connectivity index (χ2n) is 6.36. The van der Waals surface area contributed by atoms with E-state index in [-0.39, 0.29) is 19.5 Å². The third-order valence-electron chi connectivity index (χ3n) is 2.90. The molecule has 26 heavy (non-hydrogen) atoms. The van der Waals surface area contributed by atoms with E-state index in [0.717, 1.165) is 6.07 Å². The van der Waals surface area contributed by atoms with Gasteiger partial charge >= 0.3 is 12.3 Å². The van der Waals surface area contributed by atoms with Crippen molar-refractivity contribution in [3.8, 4) is 5.75 Å². The quantitative estimate of drug-likeness (QED) is 0.639. The standard InChI is InChI=1S/C15H21F3N2O5S/c1-14(2,3)25-13(22)19-7-4-8-20-26(23,24)10-5-6-12(21)11(9-10)15(16,17)18/h5-6,9,20-21H,4,7-8H2,1-3H3,(H,19,22). The molecule has 1 aromatic rings. The second-order valence-corrected chi connectivity index (χ2v) is 8.12. The Morgan fingerprint density at radius 2 is 1.81 bits per heavy atom. The number of rotatable bonds is 6. The van der Waals surface area contributed by atoms with Crippen LogP contribution in [0.1, 0.15) is 32.8 Å². The molecule has 0 aromatic heterocycles. The van der Waals surface area contributed by atoms with Crippen LogP contribution in [0.4, 0.5) is 18.0 Å². The molecule has 148 valence electrons. The molecule has 1 amide bonds. The van der Waals surface area contributed by atoms with Crippen molar-refractivity contribution in [1.82, 2.24) is 10.0 Å². The van der Waals surface area contributed by atoms with E-state index in [1.54, 1.807) is 20.8 Å². The molecular formula is C15H21F3N2O5S. The van der Waals surface area contributed by atoms with Gasteiger partial charge in [-0.1, -0.05) is 0 Å². The minimum atomic E-state index is -4.88. The predicted molar refractivity (Wildman–Crippen MR) is 87.2 cm³/mol. The fourth-order valence-corrected chi connectivity index (χ4v) is 2.89. The van der Waals surface area contributed by atoms with Gasteiger partial charge in [-0.25, -0.2) is 17.9 Å². The molecule has 0 aliphatic rings. The second kappa shape index (κ2) is 8.12. The maximum absolute atomic E-state index is 12.7. The zero-order chi connectivity index (χ0) is 20.2. The summed E-state index contributed by atoms with van der Waals surface area (Å²) in [4.78, 5) is 10.8. The van der Waals surface area contributed by atoms with Crippen LogP contribution in [-0.2, 0) is 20.9 Å². The van der Waals surface area contributed by atoms with Gasteiger partial charge in [0.15, 0.2) is 0 Å². The molecular weight excluding hydrogens is 377 g/mol. The van der Waals surface area contributed by atoms with E-state index in [9.17, 15) is 31.5 Å². The molecule has 0 saturated carbocycles. The van der Waals surface area contributed by atoms with Gasteiger partial charge in [0.2, 0.25) is 10.0 Å². The molecule has 0 aliphatic carbocycles. The summed E-state index contributed by atoms with van der Waals surface area (Å²) in [5.41, 5.74) is -2.10. The normalized spacial score (nSPS) is 12.7. The number of carbonyl (C=O) groups is 1. The molecule has 0 unspecified atom stereocenters. The molecule has 0 fully saturated rings. The molecule has 0 bridgehead atoms. The van der Waals surface area contributed by atoms with Crippen molar-refractivity contribution in [1.29, 1.82) is 0 Å². The minimum absolute atomic E-state index is 0.111. The number of phenols is 1. The number of hydrogen-bond donors (Lipinski definition) is 3. The Morgan fingerprint density at radius 3 is 2.35 bits per heavy atom. The first-order valence-electron chi connectivity index (χ1n) is 7.59. The Labute approximate surface area is 149 Å². The number of nitrogens with one attached hydrogen (secondary N) is 2. The molecule has 0 spiro atoms. The van der Waals surface area contributed by atoms with E-state index in [2.05, 4.69) is 10.0 Å². The molecule has 0 atom stereocenters. The first kappa shape index (κ1) is 22.0. The molecule has 3 N–H and O–H groups in total. The number of halogens is 3. The summed E-state index contributed by atoms with van der Waals surface area (Å²) in [5, 5.41) is 11.7. The number of ether oxygens (including phenoxy) is 1. The third-order valence-corrected chi connectivity index (χ3v) is 4.36. The van der Waals surface area contributed by atoms with Crippen LogP contribution in [0.3, 0.4) is 0 Å². The fourth-order valence-electron chi connectivity index (χ4n) is 1.79. The van der Waals surface area contributed by atoms with Crippen LogP contribution >= 0.6 is 0 Å². The first-order valence-corrected chi connectivity index (χ1v) is 9.07. The summed E-state index contributed by atoms with van der Waals surface area (Å²) < 4.78 is 69.4. The van der Waals surface area contributed by atoms with Crippen molar-refractivity contribution in [2.24, 2.45) is 0 Å². The largest absolute Gasteiger partial charge is 0.507 e. The van der Waals surface area contributed by atoms with Gasteiger partial charge in [-0.15, -0.1) is 0 Å². The topological polar surface area (TPSA) is 105 Å². The van der Waals surface area contributed by atoms with Gasteiger partial charge in [-0.05, 0) is 45.4 Å². The summed E-state index contributed by atoms with van der Waals surface area (Å²) in [6, 6.07) is 1.89. The number of amides is 1. The van der Waals surface area contributed by atoms with Gasteiger partial charge in [0.05, 0.1) is 10.5 Å². The molecule has 0 radical (unpaired) electrons. The van der Waals surface area contributed by atoms with Crippen LogP contribution in [0.2, 0.25) is 0 Å². The van der Waals surface area contributed by atoms with Gasteiger partial charge in [-0.2, -0.15) is 13.2 Å². The number of hydrogen-bond acceptors (Lipinski definition) is 5. The van der Waals surface area contributed by atoms with Crippen molar-refractivity contribution in [2.45, 2.75) is 43.9 Å². The Morgan fingerprint density at radius 1 is 1.19 bits per heavy atom. The Kier molecular flexibility index (Phi) is 6.88.